The molecule has 1 aromatic rings. The summed E-state index contributed by atoms with van der Waals surface area (Å²) in [5.74, 6) is 3.59. The van der Waals surface area contributed by atoms with Crippen LogP contribution < -0.4 is 11.1 Å². The van der Waals surface area contributed by atoms with Crippen LogP contribution >= 0.6 is 0 Å². The van der Waals surface area contributed by atoms with Crippen molar-refractivity contribution in [3.63, 3.8) is 0 Å². The predicted octanol–water partition coefficient (Wildman–Crippen LogP) is 3.09. The molecule has 0 spiro atoms. The average Bonchev–Trinajstić information content (AvgIpc) is 3.17. The maximum Gasteiger partial charge on any atom is 0.136 e. The molecule has 3 N–H and O–H groups in total. The van der Waals surface area contributed by atoms with Crippen LogP contribution in [0.15, 0.2) is 0 Å². The Morgan fingerprint density at radius 3 is 2.56 bits per heavy atom. The molecule has 1 heterocycles. The molecule has 2 unspecified atom stereocenters. The summed E-state index contributed by atoms with van der Waals surface area (Å²) in [5.41, 5.74) is 6.95. The molecule has 2 rings (SSSR count). The van der Waals surface area contributed by atoms with Gasteiger partial charge >= 0.3 is 0 Å². The highest BCUT2D eigenvalue weighted by Crippen LogP contribution is 2.39. The number of aromatic nitrogens is 2. The first-order valence-corrected chi connectivity index (χ1v) is 6.93. The topological polar surface area (TPSA) is 63.8 Å². The summed E-state index contributed by atoms with van der Waals surface area (Å²) in [7, 11) is 0. The van der Waals surface area contributed by atoms with Crippen LogP contribution in [-0.2, 0) is 0 Å². The van der Waals surface area contributed by atoms with Gasteiger partial charge in [-0.3, -0.25) is 0 Å². The molecule has 0 aromatic carbocycles. The van der Waals surface area contributed by atoms with Crippen molar-refractivity contribution in [3.05, 3.63) is 11.4 Å². The number of hydrogen-bond donors (Lipinski definition) is 2. The van der Waals surface area contributed by atoms with Gasteiger partial charge in [0, 0.05) is 17.5 Å². The zero-order valence-electron chi connectivity index (χ0n) is 11.8. The van der Waals surface area contributed by atoms with Crippen molar-refractivity contribution in [2.24, 2.45) is 5.92 Å². The van der Waals surface area contributed by atoms with Crippen LogP contribution in [0.2, 0.25) is 0 Å². The van der Waals surface area contributed by atoms with Gasteiger partial charge in [-0.25, -0.2) is 9.97 Å². The van der Waals surface area contributed by atoms with Gasteiger partial charge in [0.1, 0.15) is 17.5 Å². The molecular formula is C14H24N4. The molecule has 2 atom stereocenters. The molecule has 0 saturated heterocycles. The maximum absolute atomic E-state index is 5.98. The number of nitrogens with two attached hydrogens (primary N) is 1. The first kappa shape index (κ1) is 13.1. The fraction of sp³-hybridized carbons (Fsp3) is 0.714. The van der Waals surface area contributed by atoms with Crippen molar-refractivity contribution >= 4 is 11.6 Å². The molecule has 0 aliphatic heterocycles. The van der Waals surface area contributed by atoms with Crippen LogP contribution in [0.3, 0.4) is 0 Å². The molecule has 0 amide bonds. The molecule has 100 valence electrons. The first-order valence-electron chi connectivity index (χ1n) is 6.93. The van der Waals surface area contributed by atoms with E-state index in [2.05, 4.69) is 36.1 Å². The minimum atomic E-state index is 0.398. The lowest BCUT2D eigenvalue weighted by Gasteiger charge is -2.22. The predicted molar refractivity (Wildman–Crippen MR) is 75.7 cm³/mol. The Balaban J connectivity index is 2.20. The van der Waals surface area contributed by atoms with E-state index in [4.69, 9.17) is 5.73 Å². The average molecular weight is 248 g/mol. The minimum Gasteiger partial charge on any atom is -0.383 e. The smallest absolute Gasteiger partial charge is 0.136 e. The Labute approximate surface area is 109 Å². The van der Waals surface area contributed by atoms with Crippen molar-refractivity contribution in [2.75, 3.05) is 11.1 Å². The highest BCUT2D eigenvalue weighted by atomic mass is 15.1. The highest BCUT2D eigenvalue weighted by molar-refractivity contribution is 5.55. The third-order valence-corrected chi connectivity index (χ3v) is 4.01. The second-order valence-electron chi connectivity index (χ2n) is 5.53. The standard InChI is InChI=1S/C14H24N4/c1-5-8(2)10(4)16-13-9(3)12(15)17-14(18-13)11-6-7-11/h8,10-11H,5-7H2,1-4H3,(H3,15,16,17,18). The molecule has 4 nitrogen and oxygen atoms in total. The second kappa shape index (κ2) is 5.12. The lowest BCUT2D eigenvalue weighted by atomic mass is 10.0. The molecule has 1 fully saturated rings. The Kier molecular flexibility index (Phi) is 3.73. The summed E-state index contributed by atoms with van der Waals surface area (Å²) in [6.45, 7) is 8.64. The number of rotatable bonds is 5. The van der Waals surface area contributed by atoms with Crippen molar-refractivity contribution in [3.8, 4) is 0 Å². The molecule has 0 radical (unpaired) electrons. The molecule has 1 aliphatic carbocycles. The van der Waals surface area contributed by atoms with E-state index in [-0.39, 0.29) is 0 Å². The molecular weight excluding hydrogens is 224 g/mol. The van der Waals surface area contributed by atoms with Crippen molar-refractivity contribution in [1.82, 2.24) is 9.97 Å². The van der Waals surface area contributed by atoms with E-state index in [1.54, 1.807) is 0 Å². The van der Waals surface area contributed by atoms with Gasteiger partial charge in [0.15, 0.2) is 0 Å². The SMILES string of the molecule is CCC(C)C(C)Nc1nc(C2CC2)nc(N)c1C. The number of nitrogen functional groups attached to an aromatic ring is 1. The van der Waals surface area contributed by atoms with E-state index in [0.29, 0.717) is 23.7 Å². The van der Waals surface area contributed by atoms with Crippen LogP contribution in [0.1, 0.15) is 57.3 Å². The van der Waals surface area contributed by atoms with E-state index >= 15 is 0 Å². The summed E-state index contributed by atoms with van der Waals surface area (Å²) in [6.07, 6.45) is 3.55. The quantitative estimate of drug-likeness (QED) is 0.840. The second-order valence-corrected chi connectivity index (χ2v) is 5.53. The van der Waals surface area contributed by atoms with E-state index in [0.717, 1.165) is 23.6 Å². The van der Waals surface area contributed by atoms with Crippen LogP contribution in [0.5, 0.6) is 0 Å². The van der Waals surface area contributed by atoms with Gasteiger partial charge in [-0.2, -0.15) is 0 Å². The van der Waals surface area contributed by atoms with Crippen molar-refractivity contribution in [1.29, 1.82) is 0 Å². The van der Waals surface area contributed by atoms with Crippen LogP contribution in [0.4, 0.5) is 11.6 Å². The van der Waals surface area contributed by atoms with Gasteiger partial charge in [0.05, 0.1) is 0 Å². The molecule has 1 saturated carbocycles. The Morgan fingerprint density at radius 2 is 2.00 bits per heavy atom. The van der Waals surface area contributed by atoms with Gasteiger partial charge < -0.3 is 11.1 Å². The third kappa shape index (κ3) is 2.74. The van der Waals surface area contributed by atoms with Gasteiger partial charge in [-0.05, 0) is 32.6 Å². The normalized spacial score (nSPS) is 18.4. The number of nitrogens with zero attached hydrogens (tertiary/aromatic N) is 2. The summed E-state index contributed by atoms with van der Waals surface area (Å²) in [5, 5.41) is 3.49. The molecule has 0 bridgehead atoms. The van der Waals surface area contributed by atoms with Gasteiger partial charge in [-0.1, -0.05) is 20.3 Å². The zero-order chi connectivity index (χ0) is 13.3. The summed E-state index contributed by atoms with van der Waals surface area (Å²) in [6, 6.07) is 0.398. The summed E-state index contributed by atoms with van der Waals surface area (Å²) >= 11 is 0. The van der Waals surface area contributed by atoms with Gasteiger partial charge in [-0.15, -0.1) is 0 Å². The third-order valence-electron chi connectivity index (χ3n) is 4.01. The Bertz CT molecular complexity index is 426. The van der Waals surface area contributed by atoms with Gasteiger partial charge in [0.2, 0.25) is 0 Å². The molecule has 4 heteroatoms. The number of hydrogen-bond acceptors (Lipinski definition) is 4. The molecule has 1 aliphatic rings. The lowest BCUT2D eigenvalue weighted by molar-refractivity contribution is 0.493. The first-order chi connectivity index (χ1) is 8.52. The van der Waals surface area contributed by atoms with Crippen LogP contribution in [-0.4, -0.2) is 16.0 Å². The Hall–Kier alpha value is -1.32. The summed E-state index contributed by atoms with van der Waals surface area (Å²) in [4.78, 5) is 9.04. The lowest BCUT2D eigenvalue weighted by Crippen LogP contribution is -2.25. The fourth-order valence-electron chi connectivity index (χ4n) is 1.93. The molecule has 1 aromatic heterocycles. The van der Waals surface area contributed by atoms with E-state index in [9.17, 15) is 0 Å². The Morgan fingerprint density at radius 1 is 1.33 bits per heavy atom. The van der Waals surface area contributed by atoms with Crippen LogP contribution in [0.25, 0.3) is 0 Å². The maximum atomic E-state index is 5.98. The number of nitrogens with one attached hydrogen (secondary N) is 1. The van der Waals surface area contributed by atoms with Crippen molar-refractivity contribution in [2.45, 2.75) is 58.9 Å². The van der Waals surface area contributed by atoms with Crippen LogP contribution in [0, 0.1) is 12.8 Å². The van der Waals surface area contributed by atoms with E-state index in [1.165, 1.54) is 12.8 Å². The number of anilines is 2. The highest BCUT2D eigenvalue weighted by Gasteiger charge is 2.28. The minimum absolute atomic E-state index is 0.398. The van der Waals surface area contributed by atoms with Gasteiger partial charge in [0.25, 0.3) is 0 Å². The van der Waals surface area contributed by atoms with E-state index in [1.807, 2.05) is 6.92 Å². The van der Waals surface area contributed by atoms with Crippen molar-refractivity contribution < 1.29 is 0 Å². The van der Waals surface area contributed by atoms with E-state index < -0.39 is 0 Å². The molecule has 18 heavy (non-hydrogen) atoms. The fourth-order valence-corrected chi connectivity index (χ4v) is 1.93. The zero-order valence-corrected chi connectivity index (χ0v) is 11.8. The summed E-state index contributed by atoms with van der Waals surface area (Å²) < 4.78 is 0. The monoisotopic (exact) mass is 248 g/mol. The largest absolute Gasteiger partial charge is 0.383 e.